The monoisotopic (exact) mass is 302 g/mol. The maximum Gasteiger partial charge on any atom is 0.224 e. The van der Waals surface area contributed by atoms with Crippen LogP contribution >= 0.6 is 12.2 Å². The highest BCUT2D eigenvalue weighted by atomic mass is 32.1. The van der Waals surface area contributed by atoms with Crippen molar-refractivity contribution in [3.8, 4) is 0 Å². The van der Waals surface area contributed by atoms with Crippen molar-refractivity contribution in [2.24, 2.45) is 5.73 Å². The SMILES string of the molecule is NC(=S)c1cccc(CNC(=O)Cc2cccc(F)c2)c1. The summed E-state index contributed by atoms with van der Waals surface area (Å²) >= 11 is 4.91. The van der Waals surface area contributed by atoms with E-state index < -0.39 is 0 Å². The van der Waals surface area contributed by atoms with E-state index in [1.54, 1.807) is 12.1 Å². The molecule has 0 heterocycles. The van der Waals surface area contributed by atoms with Crippen molar-refractivity contribution in [2.75, 3.05) is 0 Å². The first kappa shape index (κ1) is 15.1. The minimum Gasteiger partial charge on any atom is -0.389 e. The topological polar surface area (TPSA) is 55.1 Å². The van der Waals surface area contributed by atoms with Crippen molar-refractivity contribution in [2.45, 2.75) is 13.0 Å². The van der Waals surface area contributed by atoms with E-state index in [1.165, 1.54) is 12.1 Å². The van der Waals surface area contributed by atoms with E-state index in [9.17, 15) is 9.18 Å². The van der Waals surface area contributed by atoms with Gasteiger partial charge in [0.25, 0.3) is 0 Å². The van der Waals surface area contributed by atoms with Gasteiger partial charge in [-0.15, -0.1) is 0 Å². The fourth-order valence-electron chi connectivity index (χ4n) is 1.93. The standard InChI is InChI=1S/C16H15FN2OS/c17-14-6-2-3-11(8-14)9-15(20)19-10-12-4-1-5-13(7-12)16(18)21/h1-8H,9-10H2,(H2,18,21)(H,19,20). The molecule has 108 valence electrons. The minimum absolute atomic E-state index is 0.146. The van der Waals surface area contributed by atoms with Crippen LogP contribution in [0.4, 0.5) is 4.39 Å². The van der Waals surface area contributed by atoms with E-state index in [0.717, 1.165) is 11.1 Å². The second kappa shape index (κ2) is 6.95. The summed E-state index contributed by atoms with van der Waals surface area (Å²) in [5.41, 5.74) is 7.88. The van der Waals surface area contributed by atoms with Crippen LogP contribution in [0.5, 0.6) is 0 Å². The molecule has 1 amide bonds. The first-order valence-corrected chi connectivity index (χ1v) is 6.85. The lowest BCUT2D eigenvalue weighted by Crippen LogP contribution is -2.24. The molecule has 0 fully saturated rings. The molecule has 0 saturated heterocycles. The molecule has 2 aromatic carbocycles. The molecule has 0 radical (unpaired) electrons. The molecule has 2 rings (SSSR count). The van der Waals surface area contributed by atoms with E-state index in [4.69, 9.17) is 18.0 Å². The molecule has 0 aromatic heterocycles. The Balaban J connectivity index is 1.92. The Bertz CT molecular complexity index is 673. The molecule has 0 unspecified atom stereocenters. The summed E-state index contributed by atoms with van der Waals surface area (Å²) in [5, 5.41) is 2.79. The van der Waals surface area contributed by atoms with E-state index >= 15 is 0 Å². The van der Waals surface area contributed by atoms with Crippen LogP contribution in [-0.2, 0) is 17.8 Å². The molecule has 21 heavy (non-hydrogen) atoms. The number of carbonyl (C=O) groups is 1. The van der Waals surface area contributed by atoms with Crippen LogP contribution in [0.15, 0.2) is 48.5 Å². The van der Waals surface area contributed by atoms with Crippen LogP contribution in [0, 0.1) is 5.82 Å². The molecule has 0 saturated carbocycles. The molecule has 0 spiro atoms. The number of rotatable bonds is 5. The van der Waals surface area contributed by atoms with Crippen LogP contribution in [0.2, 0.25) is 0 Å². The van der Waals surface area contributed by atoms with Gasteiger partial charge < -0.3 is 11.1 Å². The molecule has 0 aliphatic carbocycles. The third-order valence-corrected chi connectivity index (χ3v) is 3.19. The second-order valence-electron chi connectivity index (χ2n) is 4.65. The van der Waals surface area contributed by atoms with E-state index in [-0.39, 0.29) is 18.1 Å². The Morgan fingerprint density at radius 3 is 2.57 bits per heavy atom. The highest BCUT2D eigenvalue weighted by Gasteiger charge is 2.05. The van der Waals surface area contributed by atoms with Crippen molar-refractivity contribution in [1.82, 2.24) is 5.32 Å². The van der Waals surface area contributed by atoms with Gasteiger partial charge in [0, 0.05) is 12.1 Å². The van der Waals surface area contributed by atoms with E-state index in [1.807, 2.05) is 24.3 Å². The summed E-state index contributed by atoms with van der Waals surface area (Å²) in [6.07, 6.45) is 0.146. The summed E-state index contributed by atoms with van der Waals surface area (Å²) in [6, 6.07) is 13.4. The number of nitrogens with two attached hydrogens (primary N) is 1. The molecular formula is C16H15FN2OS. The average molecular weight is 302 g/mol. The maximum atomic E-state index is 13.0. The molecular weight excluding hydrogens is 287 g/mol. The largest absolute Gasteiger partial charge is 0.389 e. The predicted molar refractivity (Wildman–Crippen MR) is 84.3 cm³/mol. The van der Waals surface area contributed by atoms with E-state index in [2.05, 4.69) is 5.32 Å². The maximum absolute atomic E-state index is 13.0. The lowest BCUT2D eigenvalue weighted by molar-refractivity contribution is -0.120. The molecule has 0 bridgehead atoms. The second-order valence-corrected chi connectivity index (χ2v) is 5.09. The number of benzene rings is 2. The van der Waals surface area contributed by atoms with Gasteiger partial charge in [-0.3, -0.25) is 4.79 Å². The van der Waals surface area contributed by atoms with Crippen molar-refractivity contribution in [1.29, 1.82) is 0 Å². The number of amides is 1. The van der Waals surface area contributed by atoms with Gasteiger partial charge in [0.05, 0.1) is 6.42 Å². The molecule has 0 atom stereocenters. The summed E-state index contributed by atoms with van der Waals surface area (Å²) in [6.45, 7) is 0.380. The Hall–Kier alpha value is -2.27. The lowest BCUT2D eigenvalue weighted by Gasteiger charge is -2.07. The van der Waals surface area contributed by atoms with Gasteiger partial charge in [-0.2, -0.15) is 0 Å². The zero-order chi connectivity index (χ0) is 15.2. The van der Waals surface area contributed by atoms with Gasteiger partial charge in [-0.25, -0.2) is 4.39 Å². The average Bonchev–Trinajstić information content (AvgIpc) is 2.45. The quantitative estimate of drug-likeness (QED) is 0.833. The zero-order valence-electron chi connectivity index (χ0n) is 11.3. The van der Waals surface area contributed by atoms with Crippen LogP contribution in [0.1, 0.15) is 16.7 Å². The van der Waals surface area contributed by atoms with Crippen LogP contribution in [0.3, 0.4) is 0 Å². The number of hydrogen-bond donors (Lipinski definition) is 2. The lowest BCUT2D eigenvalue weighted by atomic mass is 10.1. The molecule has 3 N–H and O–H groups in total. The van der Waals surface area contributed by atoms with Crippen LogP contribution in [-0.4, -0.2) is 10.9 Å². The van der Waals surface area contributed by atoms with Gasteiger partial charge in [-0.1, -0.05) is 42.5 Å². The molecule has 0 aliphatic heterocycles. The molecule has 5 heteroatoms. The van der Waals surface area contributed by atoms with Crippen molar-refractivity contribution in [3.05, 3.63) is 71.0 Å². The Kier molecular flexibility index (Phi) is 5.00. The Morgan fingerprint density at radius 2 is 1.86 bits per heavy atom. The summed E-state index contributed by atoms with van der Waals surface area (Å²) in [7, 11) is 0. The summed E-state index contributed by atoms with van der Waals surface area (Å²) in [4.78, 5) is 12.2. The van der Waals surface area contributed by atoms with Crippen LogP contribution < -0.4 is 11.1 Å². The number of hydrogen-bond acceptors (Lipinski definition) is 2. The fourth-order valence-corrected chi connectivity index (χ4v) is 2.06. The van der Waals surface area contributed by atoms with E-state index in [0.29, 0.717) is 17.1 Å². The normalized spacial score (nSPS) is 10.1. The van der Waals surface area contributed by atoms with Gasteiger partial charge in [-0.05, 0) is 29.3 Å². The molecule has 2 aromatic rings. The van der Waals surface area contributed by atoms with Gasteiger partial charge >= 0.3 is 0 Å². The molecule has 0 aliphatic rings. The van der Waals surface area contributed by atoms with Crippen molar-refractivity contribution < 1.29 is 9.18 Å². The zero-order valence-corrected chi connectivity index (χ0v) is 12.1. The summed E-state index contributed by atoms with van der Waals surface area (Å²) in [5.74, 6) is -0.509. The first-order valence-electron chi connectivity index (χ1n) is 6.44. The predicted octanol–water partition coefficient (Wildman–Crippen LogP) is 2.32. The van der Waals surface area contributed by atoms with Gasteiger partial charge in [0.15, 0.2) is 0 Å². The number of carbonyl (C=O) groups excluding carboxylic acids is 1. The minimum atomic E-state index is -0.343. The summed E-state index contributed by atoms with van der Waals surface area (Å²) < 4.78 is 13.0. The number of nitrogens with one attached hydrogen (secondary N) is 1. The third kappa shape index (κ3) is 4.65. The number of halogens is 1. The van der Waals surface area contributed by atoms with Crippen molar-refractivity contribution in [3.63, 3.8) is 0 Å². The third-order valence-electron chi connectivity index (χ3n) is 2.95. The highest BCUT2D eigenvalue weighted by Crippen LogP contribution is 2.06. The highest BCUT2D eigenvalue weighted by molar-refractivity contribution is 7.80. The Morgan fingerprint density at radius 1 is 1.14 bits per heavy atom. The first-order chi connectivity index (χ1) is 10.0. The smallest absolute Gasteiger partial charge is 0.224 e. The Labute approximate surface area is 128 Å². The van der Waals surface area contributed by atoms with Gasteiger partial charge in [0.1, 0.15) is 10.8 Å². The van der Waals surface area contributed by atoms with Gasteiger partial charge in [0.2, 0.25) is 5.91 Å². The van der Waals surface area contributed by atoms with Crippen LogP contribution in [0.25, 0.3) is 0 Å². The molecule has 3 nitrogen and oxygen atoms in total. The number of thiocarbonyl (C=S) groups is 1. The van der Waals surface area contributed by atoms with Crippen molar-refractivity contribution >= 4 is 23.1 Å². The fraction of sp³-hybridized carbons (Fsp3) is 0.125.